The predicted octanol–water partition coefficient (Wildman–Crippen LogP) is 3.39. The fraction of sp³-hybridized carbons (Fsp3) is 0.267. The molecule has 1 N–H and O–H groups in total. The molecule has 21 heavy (non-hydrogen) atoms. The van der Waals surface area contributed by atoms with Crippen LogP contribution < -0.4 is 14.8 Å². The molecule has 0 bridgehead atoms. The monoisotopic (exact) mass is 325 g/mol. The van der Waals surface area contributed by atoms with Gasteiger partial charge in [0, 0.05) is 17.0 Å². The van der Waals surface area contributed by atoms with Gasteiger partial charge in [-0.15, -0.1) is 11.3 Å². The molecule has 0 saturated heterocycles. The largest absolute Gasteiger partial charge is 0.493 e. The van der Waals surface area contributed by atoms with Gasteiger partial charge in [-0.3, -0.25) is 4.79 Å². The van der Waals surface area contributed by atoms with Crippen LogP contribution >= 0.6 is 22.9 Å². The number of hydrogen-bond donors (Lipinski definition) is 1. The van der Waals surface area contributed by atoms with Crippen LogP contribution in [-0.2, 0) is 6.42 Å². The molecule has 4 nitrogen and oxygen atoms in total. The number of methoxy groups -OCH3 is 2. The van der Waals surface area contributed by atoms with Gasteiger partial charge < -0.3 is 14.8 Å². The minimum Gasteiger partial charge on any atom is -0.493 e. The lowest BCUT2D eigenvalue weighted by atomic mass is 10.2. The molecule has 0 fully saturated rings. The van der Waals surface area contributed by atoms with Crippen LogP contribution in [0.4, 0.5) is 0 Å². The van der Waals surface area contributed by atoms with E-state index in [1.807, 2.05) is 17.5 Å². The van der Waals surface area contributed by atoms with E-state index < -0.39 is 0 Å². The van der Waals surface area contributed by atoms with Gasteiger partial charge in [-0.05, 0) is 30.0 Å². The van der Waals surface area contributed by atoms with E-state index in [0.717, 1.165) is 6.42 Å². The van der Waals surface area contributed by atoms with Gasteiger partial charge in [-0.25, -0.2) is 0 Å². The van der Waals surface area contributed by atoms with Gasteiger partial charge >= 0.3 is 0 Å². The highest BCUT2D eigenvalue weighted by molar-refractivity contribution is 7.09. The lowest BCUT2D eigenvalue weighted by molar-refractivity contribution is 0.0954. The Morgan fingerprint density at radius 2 is 2.14 bits per heavy atom. The Hall–Kier alpha value is -1.72. The van der Waals surface area contributed by atoms with Crippen molar-refractivity contribution in [3.63, 3.8) is 0 Å². The van der Waals surface area contributed by atoms with Crippen LogP contribution in [0.5, 0.6) is 11.5 Å². The average Bonchev–Trinajstić information content (AvgIpc) is 2.99. The summed E-state index contributed by atoms with van der Waals surface area (Å²) in [7, 11) is 3.01. The van der Waals surface area contributed by atoms with E-state index in [-0.39, 0.29) is 5.91 Å². The van der Waals surface area contributed by atoms with Crippen LogP contribution in [-0.4, -0.2) is 26.7 Å². The maximum Gasteiger partial charge on any atom is 0.251 e. The second-order valence-corrected chi connectivity index (χ2v) is 5.72. The van der Waals surface area contributed by atoms with Gasteiger partial charge in [0.05, 0.1) is 19.2 Å². The molecule has 6 heteroatoms. The van der Waals surface area contributed by atoms with Crippen molar-refractivity contribution in [2.45, 2.75) is 6.42 Å². The molecular weight excluding hydrogens is 310 g/mol. The van der Waals surface area contributed by atoms with Crippen LogP contribution in [0.2, 0.25) is 5.02 Å². The first kappa shape index (κ1) is 15.7. The zero-order chi connectivity index (χ0) is 15.2. The third kappa shape index (κ3) is 3.89. The number of carbonyl (C=O) groups excluding carboxylic acids is 1. The van der Waals surface area contributed by atoms with E-state index in [0.29, 0.717) is 28.6 Å². The number of halogens is 1. The molecule has 0 spiro atoms. The smallest absolute Gasteiger partial charge is 0.251 e. The second-order valence-electron chi connectivity index (χ2n) is 4.28. The molecule has 2 rings (SSSR count). The maximum atomic E-state index is 12.1. The Bertz CT molecular complexity index is 614. The molecule has 2 aromatic rings. The number of rotatable bonds is 6. The van der Waals surface area contributed by atoms with Crippen molar-refractivity contribution in [3.05, 3.63) is 45.1 Å². The fourth-order valence-corrected chi connectivity index (χ4v) is 2.90. The Morgan fingerprint density at radius 1 is 1.33 bits per heavy atom. The highest BCUT2D eigenvalue weighted by atomic mass is 35.5. The predicted molar refractivity (Wildman–Crippen MR) is 84.9 cm³/mol. The third-order valence-corrected chi connectivity index (χ3v) is 4.15. The SMILES string of the molecule is COc1cc(C(=O)NCCc2cccs2)cc(Cl)c1OC. The van der Waals surface area contributed by atoms with Gasteiger partial charge in [0.25, 0.3) is 5.91 Å². The lowest BCUT2D eigenvalue weighted by Gasteiger charge is -2.11. The van der Waals surface area contributed by atoms with Crippen LogP contribution in [0.3, 0.4) is 0 Å². The van der Waals surface area contributed by atoms with E-state index in [2.05, 4.69) is 5.32 Å². The van der Waals surface area contributed by atoms with Crippen molar-refractivity contribution < 1.29 is 14.3 Å². The first-order valence-electron chi connectivity index (χ1n) is 6.37. The summed E-state index contributed by atoms with van der Waals surface area (Å²) in [6.07, 6.45) is 0.810. The van der Waals surface area contributed by atoms with Gasteiger partial charge in [-0.1, -0.05) is 17.7 Å². The van der Waals surface area contributed by atoms with E-state index in [1.54, 1.807) is 23.5 Å². The number of benzene rings is 1. The average molecular weight is 326 g/mol. The number of amides is 1. The van der Waals surface area contributed by atoms with Crippen molar-refractivity contribution in [1.29, 1.82) is 0 Å². The number of nitrogens with one attached hydrogen (secondary N) is 1. The first-order chi connectivity index (χ1) is 10.2. The molecule has 1 aromatic carbocycles. The summed E-state index contributed by atoms with van der Waals surface area (Å²) in [5.74, 6) is 0.678. The van der Waals surface area contributed by atoms with Crippen molar-refractivity contribution in [1.82, 2.24) is 5.32 Å². The summed E-state index contributed by atoms with van der Waals surface area (Å²) in [6, 6.07) is 7.23. The topological polar surface area (TPSA) is 47.6 Å². The van der Waals surface area contributed by atoms with Gasteiger partial charge in [-0.2, -0.15) is 0 Å². The van der Waals surface area contributed by atoms with E-state index in [9.17, 15) is 4.79 Å². The van der Waals surface area contributed by atoms with Crippen LogP contribution in [0.25, 0.3) is 0 Å². The Balaban J connectivity index is 2.03. The number of ether oxygens (including phenoxy) is 2. The summed E-state index contributed by atoms with van der Waals surface area (Å²) < 4.78 is 10.3. The highest BCUT2D eigenvalue weighted by Crippen LogP contribution is 2.35. The van der Waals surface area contributed by atoms with Crippen molar-refractivity contribution in [3.8, 4) is 11.5 Å². The standard InChI is InChI=1S/C15H16ClNO3S/c1-19-13-9-10(8-12(16)14(13)20-2)15(18)17-6-5-11-4-3-7-21-11/h3-4,7-9H,5-6H2,1-2H3,(H,17,18). The Morgan fingerprint density at radius 3 is 2.76 bits per heavy atom. The molecule has 1 aromatic heterocycles. The molecule has 1 heterocycles. The molecule has 0 aliphatic carbocycles. The van der Waals surface area contributed by atoms with E-state index in [1.165, 1.54) is 19.1 Å². The van der Waals surface area contributed by atoms with Gasteiger partial charge in [0.15, 0.2) is 11.5 Å². The summed E-state index contributed by atoms with van der Waals surface area (Å²) in [4.78, 5) is 13.4. The minimum absolute atomic E-state index is 0.186. The molecule has 112 valence electrons. The number of hydrogen-bond acceptors (Lipinski definition) is 4. The van der Waals surface area contributed by atoms with Gasteiger partial charge in [0.2, 0.25) is 0 Å². The fourth-order valence-electron chi connectivity index (χ4n) is 1.91. The van der Waals surface area contributed by atoms with E-state index >= 15 is 0 Å². The summed E-state index contributed by atoms with van der Waals surface area (Å²) in [6.45, 7) is 0.575. The minimum atomic E-state index is -0.186. The summed E-state index contributed by atoms with van der Waals surface area (Å²) in [5.41, 5.74) is 0.448. The Labute approximate surface area is 132 Å². The van der Waals surface area contributed by atoms with Crippen molar-refractivity contribution >= 4 is 28.8 Å². The molecule has 0 aliphatic rings. The maximum absolute atomic E-state index is 12.1. The van der Waals surface area contributed by atoms with Crippen LogP contribution in [0.15, 0.2) is 29.6 Å². The van der Waals surface area contributed by atoms with Crippen LogP contribution in [0, 0.1) is 0 Å². The number of carbonyl (C=O) groups is 1. The van der Waals surface area contributed by atoms with E-state index in [4.69, 9.17) is 21.1 Å². The first-order valence-corrected chi connectivity index (χ1v) is 7.63. The highest BCUT2D eigenvalue weighted by Gasteiger charge is 2.14. The normalized spacial score (nSPS) is 10.2. The van der Waals surface area contributed by atoms with Crippen LogP contribution in [0.1, 0.15) is 15.2 Å². The molecule has 0 saturated carbocycles. The second kappa shape index (κ2) is 7.33. The zero-order valence-corrected chi connectivity index (χ0v) is 13.4. The zero-order valence-electron chi connectivity index (χ0n) is 11.8. The molecule has 0 atom stereocenters. The van der Waals surface area contributed by atoms with Gasteiger partial charge in [0.1, 0.15) is 0 Å². The summed E-state index contributed by atoms with van der Waals surface area (Å²) >= 11 is 7.76. The van der Waals surface area contributed by atoms with Crippen molar-refractivity contribution in [2.24, 2.45) is 0 Å². The lowest BCUT2D eigenvalue weighted by Crippen LogP contribution is -2.25. The molecule has 0 radical (unpaired) electrons. The summed E-state index contributed by atoms with van der Waals surface area (Å²) in [5, 5.41) is 5.23. The molecular formula is C15H16ClNO3S. The molecule has 0 unspecified atom stereocenters. The Kier molecular flexibility index (Phi) is 5.47. The molecule has 0 aliphatic heterocycles. The van der Waals surface area contributed by atoms with Crippen molar-refractivity contribution in [2.75, 3.05) is 20.8 Å². The molecule has 1 amide bonds. The quantitative estimate of drug-likeness (QED) is 0.885. The third-order valence-electron chi connectivity index (χ3n) is 2.93. The number of thiophene rings is 1.